The van der Waals surface area contributed by atoms with Crippen molar-refractivity contribution in [2.24, 2.45) is 0 Å². The summed E-state index contributed by atoms with van der Waals surface area (Å²) in [4.78, 5) is 11.4. The number of aliphatic hydroxyl groups is 1. The molecule has 76 valence electrons. The summed E-state index contributed by atoms with van der Waals surface area (Å²) in [5, 5.41) is 21.2. The van der Waals surface area contributed by atoms with E-state index in [9.17, 15) is 9.90 Å². The average molecular weight is 195 g/mol. The van der Waals surface area contributed by atoms with Gasteiger partial charge in [0, 0.05) is 5.56 Å². The molecule has 0 amide bonds. The van der Waals surface area contributed by atoms with E-state index in [2.05, 4.69) is 5.32 Å². The summed E-state index contributed by atoms with van der Waals surface area (Å²) in [5.41, 5.74) is 0.609. The first-order valence-corrected chi connectivity index (χ1v) is 4.30. The molecule has 0 aromatic heterocycles. The Balaban J connectivity index is 3.03. The molecule has 1 aromatic rings. The lowest BCUT2D eigenvalue weighted by atomic mass is 10.1. The van der Waals surface area contributed by atoms with Crippen molar-refractivity contribution in [3.63, 3.8) is 0 Å². The highest BCUT2D eigenvalue weighted by Gasteiger charge is 2.12. The zero-order chi connectivity index (χ0) is 10.6. The molecule has 0 heterocycles. The van der Waals surface area contributed by atoms with Gasteiger partial charge in [-0.05, 0) is 13.1 Å². The molecule has 0 radical (unpaired) electrons. The zero-order valence-corrected chi connectivity index (χ0v) is 7.95. The Morgan fingerprint density at radius 3 is 2.79 bits per heavy atom. The normalized spacial score (nSPS) is 10.1. The molecule has 1 rings (SSSR count). The molecule has 4 nitrogen and oxygen atoms in total. The first-order valence-electron chi connectivity index (χ1n) is 4.30. The number of carbonyl (C=O) groups excluding carboxylic acids is 1. The molecule has 0 fully saturated rings. The molecule has 0 saturated carbocycles. The third-order valence-corrected chi connectivity index (χ3v) is 1.93. The van der Waals surface area contributed by atoms with E-state index in [1.807, 2.05) is 0 Å². The second-order valence-corrected chi connectivity index (χ2v) is 2.92. The summed E-state index contributed by atoms with van der Waals surface area (Å²) >= 11 is 0. The Labute approximate surface area is 82.2 Å². The van der Waals surface area contributed by atoms with Gasteiger partial charge in [-0.25, -0.2) is 0 Å². The molecular formula is C10H13NO3. The Morgan fingerprint density at radius 1 is 1.50 bits per heavy atom. The predicted molar refractivity (Wildman–Crippen MR) is 52.3 cm³/mol. The van der Waals surface area contributed by atoms with Crippen molar-refractivity contribution in [2.75, 3.05) is 13.6 Å². The topological polar surface area (TPSA) is 69.6 Å². The van der Waals surface area contributed by atoms with Crippen LogP contribution < -0.4 is 5.32 Å². The molecule has 0 unspecified atom stereocenters. The van der Waals surface area contributed by atoms with E-state index in [1.165, 1.54) is 6.07 Å². The van der Waals surface area contributed by atoms with Crippen LogP contribution in [0.2, 0.25) is 0 Å². The molecule has 0 saturated heterocycles. The average Bonchev–Trinajstić information content (AvgIpc) is 2.18. The summed E-state index contributed by atoms with van der Waals surface area (Å²) < 4.78 is 0. The quantitative estimate of drug-likeness (QED) is 0.604. The lowest BCUT2D eigenvalue weighted by Crippen LogP contribution is -2.18. The van der Waals surface area contributed by atoms with E-state index < -0.39 is 0 Å². The second kappa shape index (κ2) is 4.74. The molecule has 1 aromatic carbocycles. The van der Waals surface area contributed by atoms with Crippen molar-refractivity contribution in [2.45, 2.75) is 6.61 Å². The maximum absolute atomic E-state index is 11.4. The maximum Gasteiger partial charge on any atom is 0.180 e. The molecule has 0 bridgehead atoms. The van der Waals surface area contributed by atoms with Crippen LogP contribution in [0.5, 0.6) is 5.75 Å². The van der Waals surface area contributed by atoms with Crippen molar-refractivity contribution in [1.29, 1.82) is 0 Å². The van der Waals surface area contributed by atoms with Crippen molar-refractivity contribution in [3.05, 3.63) is 29.3 Å². The highest BCUT2D eigenvalue weighted by Crippen LogP contribution is 2.22. The molecule has 0 spiro atoms. The van der Waals surface area contributed by atoms with Gasteiger partial charge in [-0.2, -0.15) is 0 Å². The van der Waals surface area contributed by atoms with E-state index in [0.717, 1.165) is 0 Å². The van der Waals surface area contributed by atoms with Crippen LogP contribution in [0.25, 0.3) is 0 Å². The number of hydrogen-bond donors (Lipinski definition) is 3. The molecule has 4 heteroatoms. The fourth-order valence-corrected chi connectivity index (χ4v) is 1.20. The SMILES string of the molecule is CNCC(=O)c1cccc(CO)c1O. The van der Waals surface area contributed by atoms with Crippen LogP contribution in [0.4, 0.5) is 0 Å². The number of phenols is 1. The number of aliphatic hydroxyl groups excluding tert-OH is 1. The van der Waals surface area contributed by atoms with Crippen LogP contribution in [0.3, 0.4) is 0 Å². The van der Waals surface area contributed by atoms with Gasteiger partial charge in [0.25, 0.3) is 0 Å². The Bertz CT molecular complexity index is 336. The van der Waals surface area contributed by atoms with E-state index >= 15 is 0 Å². The van der Waals surface area contributed by atoms with Crippen LogP contribution in [0.1, 0.15) is 15.9 Å². The second-order valence-electron chi connectivity index (χ2n) is 2.92. The fourth-order valence-electron chi connectivity index (χ4n) is 1.20. The minimum Gasteiger partial charge on any atom is -0.507 e. The molecule has 0 aliphatic heterocycles. The van der Waals surface area contributed by atoms with Gasteiger partial charge in [-0.15, -0.1) is 0 Å². The van der Waals surface area contributed by atoms with Crippen molar-refractivity contribution >= 4 is 5.78 Å². The number of para-hydroxylation sites is 1. The summed E-state index contributed by atoms with van der Waals surface area (Å²) in [6, 6.07) is 4.74. The number of Topliss-reactive ketones (excluding diaryl/α,β-unsaturated/α-hetero) is 1. The van der Waals surface area contributed by atoms with Crippen LogP contribution in [0.15, 0.2) is 18.2 Å². The largest absolute Gasteiger partial charge is 0.507 e. The fraction of sp³-hybridized carbons (Fsp3) is 0.300. The number of nitrogens with one attached hydrogen (secondary N) is 1. The number of benzene rings is 1. The number of rotatable bonds is 4. The minimum atomic E-state index is -0.271. The molecule has 3 N–H and O–H groups in total. The Kier molecular flexibility index (Phi) is 3.62. The summed E-state index contributed by atoms with van der Waals surface area (Å²) in [7, 11) is 1.66. The third-order valence-electron chi connectivity index (χ3n) is 1.93. The van der Waals surface area contributed by atoms with Gasteiger partial charge in [0.15, 0.2) is 5.78 Å². The van der Waals surface area contributed by atoms with Crippen molar-refractivity contribution < 1.29 is 15.0 Å². The lowest BCUT2D eigenvalue weighted by molar-refractivity contribution is 0.0990. The van der Waals surface area contributed by atoms with Gasteiger partial charge in [0.2, 0.25) is 0 Å². The van der Waals surface area contributed by atoms with Crippen LogP contribution in [0, 0.1) is 0 Å². The van der Waals surface area contributed by atoms with Gasteiger partial charge in [-0.3, -0.25) is 4.79 Å². The summed E-state index contributed by atoms with van der Waals surface area (Å²) in [5.74, 6) is -0.324. The van der Waals surface area contributed by atoms with Crippen LogP contribution in [-0.2, 0) is 6.61 Å². The molecular weight excluding hydrogens is 182 g/mol. The lowest BCUT2D eigenvalue weighted by Gasteiger charge is -2.06. The highest BCUT2D eigenvalue weighted by atomic mass is 16.3. The predicted octanol–water partition coefficient (Wildman–Crippen LogP) is 0.287. The number of hydrogen-bond acceptors (Lipinski definition) is 4. The monoisotopic (exact) mass is 195 g/mol. The highest BCUT2D eigenvalue weighted by molar-refractivity contribution is 6.00. The van der Waals surface area contributed by atoms with E-state index in [-0.39, 0.29) is 30.2 Å². The molecule has 0 aliphatic rings. The van der Waals surface area contributed by atoms with Gasteiger partial charge >= 0.3 is 0 Å². The van der Waals surface area contributed by atoms with E-state index in [4.69, 9.17) is 5.11 Å². The van der Waals surface area contributed by atoms with Gasteiger partial charge in [0.1, 0.15) is 5.75 Å². The van der Waals surface area contributed by atoms with Gasteiger partial charge < -0.3 is 15.5 Å². The standard InChI is InChI=1S/C10H13NO3/c1-11-5-9(13)8-4-2-3-7(6-12)10(8)14/h2-4,11-12,14H,5-6H2,1H3. The number of carbonyl (C=O) groups is 1. The van der Waals surface area contributed by atoms with Crippen LogP contribution >= 0.6 is 0 Å². The van der Waals surface area contributed by atoms with E-state index in [0.29, 0.717) is 5.56 Å². The first kappa shape index (κ1) is 10.7. The number of ketones is 1. The number of likely N-dealkylation sites (N-methyl/N-ethyl adjacent to an activating group) is 1. The maximum atomic E-state index is 11.4. The Morgan fingerprint density at radius 2 is 2.21 bits per heavy atom. The van der Waals surface area contributed by atoms with E-state index in [1.54, 1.807) is 19.2 Å². The number of aromatic hydroxyl groups is 1. The molecule has 14 heavy (non-hydrogen) atoms. The van der Waals surface area contributed by atoms with Gasteiger partial charge in [-0.1, -0.05) is 12.1 Å². The summed E-state index contributed by atoms with van der Waals surface area (Å²) in [6.45, 7) is -0.102. The van der Waals surface area contributed by atoms with Gasteiger partial charge in [0.05, 0.1) is 18.7 Å². The Hall–Kier alpha value is -1.39. The van der Waals surface area contributed by atoms with Crippen molar-refractivity contribution in [1.82, 2.24) is 5.32 Å². The zero-order valence-electron chi connectivity index (χ0n) is 7.95. The third kappa shape index (κ3) is 2.10. The minimum absolute atomic E-state index is 0.129. The first-order chi connectivity index (χ1) is 6.70. The smallest absolute Gasteiger partial charge is 0.180 e. The summed E-state index contributed by atoms with van der Waals surface area (Å²) in [6.07, 6.45) is 0. The van der Waals surface area contributed by atoms with Crippen molar-refractivity contribution in [3.8, 4) is 5.75 Å². The molecule has 0 atom stereocenters. The van der Waals surface area contributed by atoms with Crippen LogP contribution in [-0.4, -0.2) is 29.6 Å². The molecule has 0 aliphatic carbocycles.